The Morgan fingerprint density at radius 2 is 1.73 bits per heavy atom. The van der Waals surface area contributed by atoms with Gasteiger partial charge in [0.1, 0.15) is 25.5 Å². The minimum Gasteiger partial charge on any atom is -0.370 e. The van der Waals surface area contributed by atoms with Gasteiger partial charge in [0.05, 0.1) is 18.1 Å². The Labute approximate surface area is 218 Å². The van der Waals surface area contributed by atoms with Gasteiger partial charge in [0.25, 0.3) is 0 Å². The second-order valence-corrected chi connectivity index (χ2v) is 12.1. The molecule has 0 bridgehead atoms. The zero-order valence-corrected chi connectivity index (χ0v) is 22.5. The van der Waals surface area contributed by atoms with Gasteiger partial charge in [0, 0.05) is 34.2 Å². The van der Waals surface area contributed by atoms with Crippen LogP contribution in [0, 0.1) is 6.92 Å². The molecule has 0 unspecified atom stereocenters. The molecule has 4 N–H and O–H groups in total. The molecule has 0 spiro atoms. The molecule has 1 fully saturated rings. The fourth-order valence-corrected chi connectivity index (χ4v) is 5.44. The summed E-state index contributed by atoms with van der Waals surface area (Å²) in [4.78, 5) is 9.13. The molecular weight excluding hydrogens is 492 g/mol. The molecule has 2 heterocycles. The van der Waals surface area contributed by atoms with Crippen molar-refractivity contribution in [2.45, 2.75) is 44.7 Å². The molecule has 1 aliphatic rings. The minimum atomic E-state index is -3.67. The van der Waals surface area contributed by atoms with Gasteiger partial charge in [-0.2, -0.15) is 9.63 Å². The second kappa shape index (κ2) is 10.7. The van der Waals surface area contributed by atoms with E-state index in [-0.39, 0.29) is 9.54 Å². The van der Waals surface area contributed by atoms with Crippen molar-refractivity contribution in [1.29, 1.82) is 0 Å². The van der Waals surface area contributed by atoms with E-state index in [4.69, 9.17) is 4.74 Å². The van der Waals surface area contributed by atoms with Gasteiger partial charge < -0.3 is 15.4 Å². The van der Waals surface area contributed by atoms with Crippen molar-refractivity contribution < 1.29 is 23.0 Å². The number of quaternary nitrogens is 1. The molecule has 11 heteroatoms. The van der Waals surface area contributed by atoms with Crippen LogP contribution in [0.25, 0.3) is 0 Å². The first kappa shape index (κ1) is 27.0. The summed E-state index contributed by atoms with van der Waals surface area (Å²) in [5, 5.41) is 17.1. The molecule has 4 rings (SSSR count). The molecule has 198 valence electrons. The van der Waals surface area contributed by atoms with Gasteiger partial charge in [0.2, 0.25) is 16.0 Å². The standard InChI is InChI=1S/C26H35N6O4S/c1-19-17-27-25(29-21-10-8-20(9-11-21)18-32(33)12-14-36-15-13-32)30-24(19)28-22-6-5-7-23(16-22)37(34,35)31-26(2,3)4/h5-11,16-17,31,33H,12-15,18H2,1-4H3,(H2,27,28,29,30)/q+1. The van der Waals surface area contributed by atoms with E-state index in [0.717, 1.165) is 16.8 Å². The van der Waals surface area contributed by atoms with Crippen LogP contribution in [0.1, 0.15) is 31.9 Å². The summed E-state index contributed by atoms with van der Waals surface area (Å²) < 4.78 is 33.5. The highest BCUT2D eigenvalue weighted by molar-refractivity contribution is 7.89. The zero-order chi connectivity index (χ0) is 26.7. The van der Waals surface area contributed by atoms with Crippen LogP contribution in [0.2, 0.25) is 0 Å². The summed E-state index contributed by atoms with van der Waals surface area (Å²) >= 11 is 0. The lowest BCUT2D eigenvalue weighted by molar-refractivity contribution is -1.12. The number of rotatable bonds is 8. The van der Waals surface area contributed by atoms with Gasteiger partial charge in [-0.25, -0.2) is 23.3 Å². The number of hydrogen-bond donors (Lipinski definition) is 4. The van der Waals surface area contributed by atoms with E-state index in [1.54, 1.807) is 51.2 Å². The number of nitrogens with zero attached hydrogens (tertiary/aromatic N) is 3. The molecule has 1 saturated heterocycles. The smallest absolute Gasteiger partial charge is 0.241 e. The van der Waals surface area contributed by atoms with Crippen molar-refractivity contribution in [1.82, 2.24) is 14.7 Å². The van der Waals surface area contributed by atoms with Crippen molar-refractivity contribution in [3.63, 3.8) is 0 Å². The van der Waals surface area contributed by atoms with E-state index < -0.39 is 15.6 Å². The number of ether oxygens (including phenoxy) is 1. The van der Waals surface area contributed by atoms with E-state index in [9.17, 15) is 13.6 Å². The Morgan fingerprint density at radius 1 is 1.03 bits per heavy atom. The molecule has 0 radical (unpaired) electrons. The summed E-state index contributed by atoms with van der Waals surface area (Å²) in [6.45, 7) is 10.1. The number of benzene rings is 2. The van der Waals surface area contributed by atoms with Crippen LogP contribution in [0.4, 0.5) is 23.1 Å². The number of hydroxylamine groups is 3. The number of aryl methyl sites for hydroxylation is 1. The molecule has 37 heavy (non-hydrogen) atoms. The molecule has 0 aliphatic carbocycles. The largest absolute Gasteiger partial charge is 0.370 e. The molecule has 1 aliphatic heterocycles. The lowest BCUT2D eigenvalue weighted by Gasteiger charge is -2.33. The number of sulfonamides is 1. The summed E-state index contributed by atoms with van der Waals surface area (Å²) in [6, 6.07) is 14.4. The summed E-state index contributed by atoms with van der Waals surface area (Å²) in [5.74, 6) is 0.962. The maximum atomic E-state index is 12.7. The maximum Gasteiger partial charge on any atom is 0.241 e. The molecule has 1 aromatic heterocycles. The van der Waals surface area contributed by atoms with Gasteiger partial charge in [-0.05, 0) is 58.0 Å². The van der Waals surface area contributed by atoms with Crippen molar-refractivity contribution >= 4 is 33.2 Å². The molecule has 0 amide bonds. The van der Waals surface area contributed by atoms with Gasteiger partial charge >= 0.3 is 0 Å². The van der Waals surface area contributed by atoms with Gasteiger partial charge in [-0.3, -0.25) is 0 Å². The number of hydrogen-bond acceptors (Lipinski definition) is 8. The fourth-order valence-electron chi connectivity index (χ4n) is 3.97. The highest BCUT2D eigenvalue weighted by Gasteiger charge is 2.29. The van der Waals surface area contributed by atoms with Crippen LogP contribution in [-0.4, -0.2) is 60.1 Å². The number of anilines is 4. The highest BCUT2D eigenvalue weighted by Crippen LogP contribution is 2.24. The predicted molar refractivity (Wildman–Crippen MR) is 143 cm³/mol. The van der Waals surface area contributed by atoms with Crippen molar-refractivity contribution in [3.05, 3.63) is 65.9 Å². The van der Waals surface area contributed by atoms with Crippen LogP contribution < -0.4 is 15.4 Å². The maximum absolute atomic E-state index is 12.7. The highest BCUT2D eigenvalue weighted by atomic mass is 32.2. The van der Waals surface area contributed by atoms with E-state index in [1.165, 1.54) is 0 Å². The third-order valence-corrected chi connectivity index (χ3v) is 7.57. The second-order valence-electron chi connectivity index (χ2n) is 10.4. The first-order valence-corrected chi connectivity index (χ1v) is 13.7. The Hall–Kier alpha value is -3.09. The average Bonchev–Trinajstić information content (AvgIpc) is 2.81. The normalized spacial score (nSPS) is 15.8. The van der Waals surface area contributed by atoms with Gasteiger partial charge in [-0.1, -0.05) is 18.2 Å². The van der Waals surface area contributed by atoms with Crippen molar-refractivity contribution in [2.75, 3.05) is 36.9 Å². The van der Waals surface area contributed by atoms with Crippen LogP contribution in [-0.2, 0) is 21.3 Å². The monoisotopic (exact) mass is 527 g/mol. The predicted octanol–water partition coefficient (Wildman–Crippen LogP) is 4.09. The van der Waals surface area contributed by atoms with Crippen LogP contribution in [0.5, 0.6) is 0 Å². The third kappa shape index (κ3) is 7.46. The Kier molecular flexibility index (Phi) is 7.81. The Bertz CT molecular complexity index is 1330. The van der Waals surface area contributed by atoms with E-state index in [1.807, 2.05) is 31.2 Å². The first-order chi connectivity index (χ1) is 17.4. The van der Waals surface area contributed by atoms with E-state index >= 15 is 0 Å². The molecular formula is C26H35N6O4S+. The topological polar surface area (TPSA) is 125 Å². The first-order valence-electron chi connectivity index (χ1n) is 12.2. The van der Waals surface area contributed by atoms with Crippen LogP contribution in [0.15, 0.2) is 59.6 Å². The SMILES string of the molecule is Cc1cnc(Nc2ccc(C[N+]3(O)CCOCC3)cc2)nc1Nc1cccc(S(=O)(=O)NC(C)(C)C)c1. The Morgan fingerprint density at radius 3 is 2.41 bits per heavy atom. The fraction of sp³-hybridized carbons (Fsp3) is 0.385. The van der Waals surface area contributed by atoms with E-state index in [0.29, 0.717) is 50.3 Å². The van der Waals surface area contributed by atoms with Gasteiger partial charge in [-0.15, -0.1) is 0 Å². The van der Waals surface area contributed by atoms with Crippen LogP contribution in [0.3, 0.4) is 0 Å². The lowest BCUT2D eigenvalue weighted by atomic mass is 10.1. The van der Waals surface area contributed by atoms with Gasteiger partial charge in [0.15, 0.2) is 0 Å². The quantitative estimate of drug-likeness (QED) is 0.323. The number of aromatic nitrogens is 2. The average molecular weight is 528 g/mol. The summed E-state index contributed by atoms with van der Waals surface area (Å²) in [6.07, 6.45) is 1.70. The molecule has 3 aromatic rings. The number of nitrogens with one attached hydrogen (secondary N) is 3. The number of morpholine rings is 1. The molecule has 0 atom stereocenters. The van der Waals surface area contributed by atoms with Crippen molar-refractivity contribution in [2.24, 2.45) is 0 Å². The van der Waals surface area contributed by atoms with Crippen LogP contribution >= 0.6 is 0 Å². The van der Waals surface area contributed by atoms with E-state index in [2.05, 4.69) is 25.3 Å². The zero-order valence-electron chi connectivity index (χ0n) is 21.7. The third-order valence-electron chi connectivity index (χ3n) is 5.81. The van der Waals surface area contributed by atoms with Crippen molar-refractivity contribution in [3.8, 4) is 0 Å². The molecule has 10 nitrogen and oxygen atoms in total. The minimum absolute atomic E-state index is 0.0162. The molecule has 2 aromatic carbocycles. The Balaban J connectivity index is 1.46. The summed E-state index contributed by atoms with van der Waals surface area (Å²) in [7, 11) is -3.67. The lowest BCUT2D eigenvalue weighted by Crippen LogP contribution is -2.51. The molecule has 0 saturated carbocycles. The summed E-state index contributed by atoms with van der Waals surface area (Å²) in [5.41, 5.74) is 2.65.